The van der Waals surface area contributed by atoms with E-state index < -0.39 is 20.0 Å². The molecule has 0 aliphatic carbocycles. The van der Waals surface area contributed by atoms with E-state index in [0.29, 0.717) is 43.3 Å². The van der Waals surface area contributed by atoms with Gasteiger partial charge in [0, 0.05) is 25.7 Å². The standard InChI is InChI=1S/C26H43N3O4S2/c1-21-19-22(2)26(23(3)20-21)35(32,33)29-17-11-25(29)7-6-18-34(30,31)28-15-9-24(10-16-28)8-14-27-12-4-5-13-27/h19-20,24-25H,4-18H2,1-3H3/t25-/m0/s1. The fraction of sp³-hybridized carbons (Fsp3) is 0.769. The predicted octanol–water partition coefficient (Wildman–Crippen LogP) is 3.68. The number of benzene rings is 1. The second kappa shape index (κ2) is 11.2. The predicted molar refractivity (Wildman–Crippen MR) is 141 cm³/mol. The molecule has 9 heteroatoms. The Hall–Kier alpha value is -1.00. The van der Waals surface area contributed by atoms with Crippen molar-refractivity contribution in [2.24, 2.45) is 5.92 Å². The molecular formula is C26H43N3O4S2. The molecule has 3 fully saturated rings. The Bertz CT molecular complexity index is 1070. The average molecular weight is 526 g/mol. The highest BCUT2D eigenvalue weighted by Gasteiger charge is 2.39. The zero-order valence-corrected chi connectivity index (χ0v) is 23.3. The molecule has 0 N–H and O–H groups in total. The lowest BCUT2D eigenvalue weighted by molar-refractivity contribution is 0.187. The molecule has 0 radical (unpaired) electrons. The highest BCUT2D eigenvalue weighted by molar-refractivity contribution is 7.89. The number of piperidine rings is 1. The van der Waals surface area contributed by atoms with Crippen LogP contribution >= 0.6 is 0 Å². The van der Waals surface area contributed by atoms with Crippen molar-refractivity contribution >= 4 is 20.0 Å². The van der Waals surface area contributed by atoms with Gasteiger partial charge in [0.05, 0.1) is 10.6 Å². The van der Waals surface area contributed by atoms with E-state index in [2.05, 4.69) is 4.90 Å². The smallest absolute Gasteiger partial charge is 0.243 e. The molecule has 7 nitrogen and oxygen atoms in total. The zero-order chi connectivity index (χ0) is 25.2. The van der Waals surface area contributed by atoms with E-state index in [1.54, 1.807) is 8.61 Å². The molecule has 198 valence electrons. The summed E-state index contributed by atoms with van der Waals surface area (Å²) < 4.78 is 55.9. The minimum atomic E-state index is -3.56. The molecule has 1 aromatic carbocycles. The minimum absolute atomic E-state index is 0.105. The van der Waals surface area contributed by atoms with Gasteiger partial charge >= 0.3 is 0 Å². The molecule has 0 amide bonds. The molecule has 0 aromatic heterocycles. The van der Waals surface area contributed by atoms with Gasteiger partial charge in [0.1, 0.15) is 0 Å². The molecule has 35 heavy (non-hydrogen) atoms. The normalized spacial score (nSPS) is 23.6. The summed E-state index contributed by atoms with van der Waals surface area (Å²) in [6, 6.07) is 3.72. The van der Waals surface area contributed by atoms with Crippen molar-refractivity contribution in [1.82, 2.24) is 13.5 Å². The second-order valence-corrected chi connectivity index (χ2v) is 14.8. The van der Waals surface area contributed by atoms with Crippen LogP contribution in [0.2, 0.25) is 0 Å². The summed E-state index contributed by atoms with van der Waals surface area (Å²) >= 11 is 0. The maximum Gasteiger partial charge on any atom is 0.243 e. The third-order valence-corrected chi connectivity index (χ3v) is 12.4. The van der Waals surface area contributed by atoms with E-state index in [9.17, 15) is 16.8 Å². The summed E-state index contributed by atoms with van der Waals surface area (Å²) in [4.78, 5) is 2.95. The van der Waals surface area contributed by atoms with Crippen LogP contribution in [0, 0.1) is 26.7 Å². The number of aryl methyl sites for hydroxylation is 3. The molecule has 1 aromatic rings. The average Bonchev–Trinajstić information content (AvgIpc) is 3.27. The van der Waals surface area contributed by atoms with Crippen LogP contribution in [0.15, 0.2) is 17.0 Å². The Morgan fingerprint density at radius 3 is 2.03 bits per heavy atom. The van der Waals surface area contributed by atoms with Gasteiger partial charge in [-0.2, -0.15) is 4.31 Å². The fourth-order valence-corrected chi connectivity index (χ4v) is 9.86. The summed E-state index contributed by atoms with van der Waals surface area (Å²) in [7, 11) is -6.85. The van der Waals surface area contributed by atoms with Crippen molar-refractivity contribution in [3.8, 4) is 0 Å². The summed E-state index contributed by atoms with van der Waals surface area (Å²) in [6.07, 6.45) is 7.60. The van der Waals surface area contributed by atoms with E-state index in [0.717, 1.165) is 42.5 Å². The highest BCUT2D eigenvalue weighted by atomic mass is 32.2. The van der Waals surface area contributed by atoms with Crippen LogP contribution in [-0.2, 0) is 20.0 Å². The van der Waals surface area contributed by atoms with Crippen LogP contribution in [0.25, 0.3) is 0 Å². The number of hydrogen-bond acceptors (Lipinski definition) is 5. The zero-order valence-electron chi connectivity index (χ0n) is 21.7. The molecule has 0 spiro atoms. The van der Waals surface area contributed by atoms with Crippen molar-refractivity contribution in [1.29, 1.82) is 0 Å². The van der Waals surface area contributed by atoms with Gasteiger partial charge in [0.25, 0.3) is 0 Å². The minimum Gasteiger partial charge on any atom is -0.303 e. The van der Waals surface area contributed by atoms with Crippen molar-refractivity contribution < 1.29 is 16.8 Å². The lowest BCUT2D eigenvalue weighted by Crippen LogP contribution is -2.51. The summed E-state index contributed by atoms with van der Waals surface area (Å²) in [6.45, 7) is 11.0. The molecule has 3 aliphatic heterocycles. The van der Waals surface area contributed by atoms with Gasteiger partial charge in [-0.15, -0.1) is 0 Å². The van der Waals surface area contributed by atoms with E-state index in [-0.39, 0.29) is 11.8 Å². The van der Waals surface area contributed by atoms with Crippen LogP contribution in [-0.4, -0.2) is 81.4 Å². The SMILES string of the molecule is Cc1cc(C)c(S(=O)(=O)N2CC[C@@H]2CCCS(=O)(=O)N2CCC(CCN3CCCC3)CC2)c(C)c1. The van der Waals surface area contributed by atoms with Gasteiger partial charge in [-0.3, -0.25) is 0 Å². The van der Waals surface area contributed by atoms with Gasteiger partial charge in [-0.05, 0) is 109 Å². The Morgan fingerprint density at radius 1 is 0.829 bits per heavy atom. The number of sulfonamides is 2. The first kappa shape index (κ1) is 27.0. The van der Waals surface area contributed by atoms with Crippen molar-refractivity contribution in [3.63, 3.8) is 0 Å². The quantitative estimate of drug-likeness (QED) is 0.466. The number of rotatable bonds is 10. The van der Waals surface area contributed by atoms with Crippen LogP contribution in [0.4, 0.5) is 0 Å². The van der Waals surface area contributed by atoms with E-state index in [1.165, 1.54) is 32.4 Å². The van der Waals surface area contributed by atoms with Crippen LogP contribution < -0.4 is 0 Å². The summed E-state index contributed by atoms with van der Waals surface area (Å²) in [5.74, 6) is 0.739. The Kier molecular flexibility index (Phi) is 8.63. The fourth-order valence-electron chi connectivity index (χ4n) is 6.19. The van der Waals surface area contributed by atoms with Crippen LogP contribution in [0.1, 0.15) is 68.1 Å². The van der Waals surface area contributed by atoms with Crippen molar-refractivity contribution in [2.45, 2.75) is 83.1 Å². The lowest BCUT2D eigenvalue weighted by atomic mass is 9.94. The molecule has 3 heterocycles. The van der Waals surface area contributed by atoms with Gasteiger partial charge < -0.3 is 4.90 Å². The van der Waals surface area contributed by atoms with Crippen molar-refractivity contribution in [3.05, 3.63) is 28.8 Å². The number of nitrogens with zero attached hydrogens (tertiary/aromatic N) is 3. The van der Waals surface area contributed by atoms with Gasteiger partial charge in [0.2, 0.25) is 20.0 Å². The molecule has 4 rings (SSSR count). The van der Waals surface area contributed by atoms with Gasteiger partial charge in [-0.1, -0.05) is 17.7 Å². The molecule has 0 bridgehead atoms. The molecule has 3 saturated heterocycles. The number of hydrogen-bond donors (Lipinski definition) is 0. The molecule has 1 atom stereocenters. The van der Waals surface area contributed by atoms with Gasteiger partial charge in [0.15, 0.2) is 0 Å². The Labute approximate surface area is 213 Å². The van der Waals surface area contributed by atoms with E-state index in [4.69, 9.17) is 0 Å². The lowest BCUT2D eigenvalue weighted by Gasteiger charge is -2.40. The van der Waals surface area contributed by atoms with E-state index >= 15 is 0 Å². The van der Waals surface area contributed by atoms with Crippen LogP contribution in [0.5, 0.6) is 0 Å². The third kappa shape index (κ3) is 6.29. The van der Waals surface area contributed by atoms with E-state index in [1.807, 2.05) is 32.9 Å². The largest absolute Gasteiger partial charge is 0.303 e. The highest BCUT2D eigenvalue weighted by Crippen LogP contribution is 2.33. The first-order valence-corrected chi connectivity index (χ1v) is 16.4. The molecule has 3 aliphatic rings. The summed E-state index contributed by atoms with van der Waals surface area (Å²) in [5.41, 5.74) is 2.61. The first-order chi connectivity index (χ1) is 16.6. The Balaban J connectivity index is 1.24. The second-order valence-electron chi connectivity index (χ2n) is 10.9. The van der Waals surface area contributed by atoms with Gasteiger partial charge in [-0.25, -0.2) is 21.1 Å². The maximum atomic E-state index is 13.3. The number of likely N-dealkylation sites (tertiary alicyclic amines) is 1. The molecule has 0 saturated carbocycles. The third-order valence-electron chi connectivity index (χ3n) is 8.22. The molecule has 0 unspecified atom stereocenters. The van der Waals surface area contributed by atoms with Crippen LogP contribution in [0.3, 0.4) is 0 Å². The molecular weight excluding hydrogens is 482 g/mol. The monoisotopic (exact) mass is 525 g/mol. The topological polar surface area (TPSA) is 78.0 Å². The Morgan fingerprint density at radius 2 is 1.46 bits per heavy atom. The summed E-state index contributed by atoms with van der Waals surface area (Å²) in [5, 5.41) is 0. The first-order valence-electron chi connectivity index (χ1n) is 13.4. The maximum absolute atomic E-state index is 13.3. The van der Waals surface area contributed by atoms with Crippen molar-refractivity contribution in [2.75, 3.05) is 45.0 Å².